The molecule has 0 spiro atoms. The molecule has 2 heterocycles. The normalized spacial score (nSPS) is 10.3. The molecule has 5 nitrogen and oxygen atoms in total. The number of hydrogen-bond acceptors (Lipinski definition) is 4. The molecule has 94 valence electrons. The van der Waals surface area contributed by atoms with Gasteiger partial charge in [-0.3, -0.25) is 9.67 Å². The smallest absolute Gasteiger partial charge is 0.122 e. The van der Waals surface area contributed by atoms with Crippen LogP contribution in [0.3, 0.4) is 0 Å². The molecule has 0 atom stereocenters. The van der Waals surface area contributed by atoms with Gasteiger partial charge in [0.05, 0.1) is 30.3 Å². The summed E-state index contributed by atoms with van der Waals surface area (Å²) < 4.78 is 1.90. The van der Waals surface area contributed by atoms with Gasteiger partial charge in [-0.25, -0.2) is 0 Å². The second-order valence-electron chi connectivity index (χ2n) is 4.00. The first-order valence-corrected chi connectivity index (χ1v) is 6.05. The third kappa shape index (κ3) is 3.27. The molecule has 0 aromatic carbocycles. The van der Waals surface area contributed by atoms with Crippen molar-refractivity contribution in [2.45, 2.75) is 13.5 Å². The fourth-order valence-electron chi connectivity index (χ4n) is 1.55. The number of thiocarbonyl (C=S) groups is 1. The fraction of sp³-hybridized carbons (Fsp3) is 0.250. The van der Waals surface area contributed by atoms with Crippen molar-refractivity contribution in [2.75, 3.05) is 11.9 Å². The van der Waals surface area contributed by atoms with Crippen molar-refractivity contribution in [3.05, 3.63) is 42.0 Å². The standard InChI is InChI=1S/C12H15N5S/c1-9-6-16-17(8-9)5-4-14-10-2-3-11(12(13)18)15-7-10/h2-3,6-8,14H,4-5H2,1H3,(H2,13,18). The number of nitrogens with one attached hydrogen (secondary N) is 1. The van der Waals surface area contributed by atoms with Gasteiger partial charge in [0.1, 0.15) is 4.99 Å². The van der Waals surface area contributed by atoms with Crippen molar-refractivity contribution in [3.63, 3.8) is 0 Å². The van der Waals surface area contributed by atoms with Crippen molar-refractivity contribution in [3.8, 4) is 0 Å². The summed E-state index contributed by atoms with van der Waals surface area (Å²) in [6, 6.07) is 3.72. The molecule has 0 bridgehead atoms. The molecule has 18 heavy (non-hydrogen) atoms. The van der Waals surface area contributed by atoms with Gasteiger partial charge in [-0.2, -0.15) is 5.10 Å². The fourth-order valence-corrected chi connectivity index (χ4v) is 1.67. The van der Waals surface area contributed by atoms with Crippen molar-refractivity contribution >= 4 is 22.9 Å². The summed E-state index contributed by atoms with van der Waals surface area (Å²) >= 11 is 4.84. The number of nitrogens with two attached hydrogens (primary N) is 1. The van der Waals surface area contributed by atoms with Gasteiger partial charge in [0, 0.05) is 12.7 Å². The molecule has 0 aliphatic heterocycles. The Hall–Kier alpha value is -1.95. The van der Waals surface area contributed by atoms with Crippen LogP contribution in [0.2, 0.25) is 0 Å². The van der Waals surface area contributed by atoms with Crippen LogP contribution >= 0.6 is 12.2 Å². The average molecular weight is 261 g/mol. The lowest BCUT2D eigenvalue weighted by molar-refractivity contribution is 0.637. The zero-order valence-corrected chi connectivity index (χ0v) is 10.9. The quantitative estimate of drug-likeness (QED) is 0.795. The van der Waals surface area contributed by atoms with E-state index in [-0.39, 0.29) is 0 Å². The summed E-state index contributed by atoms with van der Waals surface area (Å²) in [6.45, 7) is 3.62. The van der Waals surface area contributed by atoms with Crippen LogP contribution in [0.25, 0.3) is 0 Å². The molecule has 0 saturated heterocycles. The van der Waals surface area contributed by atoms with E-state index < -0.39 is 0 Å². The van der Waals surface area contributed by atoms with Gasteiger partial charge in [0.2, 0.25) is 0 Å². The van der Waals surface area contributed by atoms with Gasteiger partial charge in [-0.05, 0) is 24.6 Å². The third-order valence-electron chi connectivity index (χ3n) is 2.45. The molecular weight excluding hydrogens is 246 g/mol. The van der Waals surface area contributed by atoms with Crippen LogP contribution in [0, 0.1) is 6.92 Å². The summed E-state index contributed by atoms with van der Waals surface area (Å²) in [7, 11) is 0. The van der Waals surface area contributed by atoms with E-state index in [1.54, 1.807) is 6.20 Å². The molecular formula is C12H15N5S. The number of aromatic nitrogens is 3. The lowest BCUT2D eigenvalue weighted by Crippen LogP contribution is -2.13. The molecule has 0 unspecified atom stereocenters. The Labute approximate surface area is 111 Å². The van der Waals surface area contributed by atoms with E-state index in [1.165, 1.54) is 0 Å². The predicted molar refractivity (Wildman–Crippen MR) is 75.6 cm³/mol. The summed E-state index contributed by atoms with van der Waals surface area (Å²) in [5.74, 6) is 0. The van der Waals surface area contributed by atoms with Gasteiger partial charge in [0.25, 0.3) is 0 Å². The highest BCUT2D eigenvalue weighted by Gasteiger charge is 1.98. The van der Waals surface area contributed by atoms with Crippen LogP contribution in [-0.4, -0.2) is 26.3 Å². The van der Waals surface area contributed by atoms with Gasteiger partial charge in [0.15, 0.2) is 0 Å². The number of nitrogens with zero attached hydrogens (tertiary/aromatic N) is 3. The van der Waals surface area contributed by atoms with E-state index in [9.17, 15) is 0 Å². The average Bonchev–Trinajstić information content (AvgIpc) is 2.76. The minimum atomic E-state index is 0.313. The maximum Gasteiger partial charge on any atom is 0.122 e. The zero-order chi connectivity index (χ0) is 13.0. The first kappa shape index (κ1) is 12.5. The Kier molecular flexibility index (Phi) is 3.88. The van der Waals surface area contributed by atoms with Crippen LogP contribution in [0.1, 0.15) is 11.3 Å². The van der Waals surface area contributed by atoms with E-state index in [4.69, 9.17) is 18.0 Å². The Bertz CT molecular complexity index is 532. The minimum absolute atomic E-state index is 0.313. The Balaban J connectivity index is 1.85. The third-order valence-corrected chi connectivity index (χ3v) is 2.66. The van der Waals surface area contributed by atoms with E-state index in [1.807, 2.05) is 36.1 Å². The SMILES string of the molecule is Cc1cnn(CCNc2ccc(C(N)=S)nc2)c1. The molecule has 0 amide bonds. The van der Waals surface area contributed by atoms with Crippen LogP contribution in [0.5, 0.6) is 0 Å². The highest BCUT2D eigenvalue weighted by atomic mass is 32.1. The van der Waals surface area contributed by atoms with Gasteiger partial charge < -0.3 is 11.1 Å². The lowest BCUT2D eigenvalue weighted by Gasteiger charge is -2.06. The van der Waals surface area contributed by atoms with Gasteiger partial charge in [-0.1, -0.05) is 12.2 Å². The van der Waals surface area contributed by atoms with Crippen LogP contribution in [0.15, 0.2) is 30.7 Å². The first-order valence-electron chi connectivity index (χ1n) is 5.64. The van der Waals surface area contributed by atoms with Crippen molar-refractivity contribution < 1.29 is 0 Å². The summed E-state index contributed by atoms with van der Waals surface area (Å²) in [5, 5.41) is 7.47. The molecule has 2 aromatic heterocycles. The summed E-state index contributed by atoms with van der Waals surface area (Å²) in [6.07, 6.45) is 5.58. The highest BCUT2D eigenvalue weighted by molar-refractivity contribution is 7.80. The predicted octanol–water partition coefficient (Wildman–Crippen LogP) is 1.33. The van der Waals surface area contributed by atoms with Gasteiger partial charge >= 0.3 is 0 Å². The second kappa shape index (κ2) is 5.59. The monoisotopic (exact) mass is 261 g/mol. The van der Waals surface area contributed by atoms with Crippen LogP contribution in [0.4, 0.5) is 5.69 Å². The molecule has 0 aliphatic rings. The Morgan fingerprint density at radius 1 is 1.44 bits per heavy atom. The molecule has 2 rings (SSSR count). The van der Waals surface area contributed by atoms with Crippen molar-refractivity contribution in [1.82, 2.24) is 14.8 Å². The molecule has 2 aromatic rings. The summed E-state index contributed by atoms with van der Waals surface area (Å²) in [4.78, 5) is 4.47. The topological polar surface area (TPSA) is 68.8 Å². The summed E-state index contributed by atoms with van der Waals surface area (Å²) in [5.41, 5.74) is 8.22. The number of rotatable bonds is 5. The maximum atomic E-state index is 5.48. The van der Waals surface area contributed by atoms with Crippen LogP contribution < -0.4 is 11.1 Å². The van der Waals surface area contributed by atoms with E-state index in [0.29, 0.717) is 10.7 Å². The largest absolute Gasteiger partial charge is 0.388 e. The number of hydrogen-bond donors (Lipinski definition) is 2. The van der Waals surface area contributed by atoms with Crippen molar-refractivity contribution in [1.29, 1.82) is 0 Å². The zero-order valence-electron chi connectivity index (χ0n) is 10.1. The molecule has 3 N–H and O–H groups in total. The Morgan fingerprint density at radius 3 is 2.83 bits per heavy atom. The van der Waals surface area contributed by atoms with E-state index >= 15 is 0 Å². The first-order chi connectivity index (χ1) is 8.65. The molecule has 0 fully saturated rings. The van der Waals surface area contributed by atoms with Crippen LogP contribution in [-0.2, 0) is 6.54 Å². The molecule has 0 saturated carbocycles. The maximum absolute atomic E-state index is 5.48. The number of pyridine rings is 1. The van der Waals surface area contributed by atoms with E-state index in [2.05, 4.69) is 15.4 Å². The molecule has 0 aliphatic carbocycles. The minimum Gasteiger partial charge on any atom is -0.388 e. The van der Waals surface area contributed by atoms with Gasteiger partial charge in [-0.15, -0.1) is 0 Å². The number of aryl methyl sites for hydroxylation is 1. The Morgan fingerprint density at radius 2 is 2.28 bits per heavy atom. The highest BCUT2D eigenvalue weighted by Crippen LogP contribution is 2.05. The molecule has 0 radical (unpaired) electrons. The number of anilines is 1. The van der Waals surface area contributed by atoms with E-state index in [0.717, 1.165) is 24.3 Å². The van der Waals surface area contributed by atoms with Crippen molar-refractivity contribution in [2.24, 2.45) is 5.73 Å². The lowest BCUT2D eigenvalue weighted by atomic mass is 10.3. The molecule has 6 heteroatoms. The second-order valence-corrected chi connectivity index (χ2v) is 4.44.